The molecule has 0 aromatic heterocycles. The van der Waals surface area contributed by atoms with E-state index in [0.717, 1.165) is 19.3 Å². The Labute approximate surface area is 113 Å². The van der Waals surface area contributed by atoms with Crippen LogP contribution in [0.1, 0.15) is 31.7 Å². The maximum absolute atomic E-state index is 10.7. The molecule has 1 N–H and O–H groups in total. The minimum atomic E-state index is -0.619. The van der Waals surface area contributed by atoms with E-state index in [-0.39, 0.29) is 5.92 Å². The Hall–Kier alpha value is -0.960. The maximum atomic E-state index is 10.7. The number of hydrogen-bond donors (Lipinski definition) is 1. The van der Waals surface area contributed by atoms with Gasteiger partial charge in [0.05, 0.1) is 5.92 Å². The van der Waals surface area contributed by atoms with E-state index < -0.39 is 5.97 Å². The van der Waals surface area contributed by atoms with Crippen LogP contribution in [-0.2, 0) is 11.2 Å². The minimum absolute atomic E-state index is 0.0654. The summed E-state index contributed by atoms with van der Waals surface area (Å²) in [5.41, 5.74) is 1.33. The van der Waals surface area contributed by atoms with Gasteiger partial charge >= 0.3 is 5.97 Å². The van der Waals surface area contributed by atoms with Crippen LogP contribution < -0.4 is 0 Å². The van der Waals surface area contributed by atoms with E-state index >= 15 is 0 Å². The van der Waals surface area contributed by atoms with Crippen molar-refractivity contribution in [2.24, 2.45) is 11.8 Å². The van der Waals surface area contributed by atoms with E-state index in [9.17, 15) is 4.79 Å². The summed E-state index contributed by atoms with van der Waals surface area (Å²) in [6.45, 7) is 2.19. The SMILES string of the molecule is CCCSc1ccc(CCC2CC2C(=O)O)cc1. The van der Waals surface area contributed by atoms with Gasteiger partial charge in [-0.15, -0.1) is 11.8 Å². The lowest BCUT2D eigenvalue weighted by molar-refractivity contribution is -0.138. The van der Waals surface area contributed by atoms with Gasteiger partial charge in [-0.25, -0.2) is 0 Å². The van der Waals surface area contributed by atoms with Gasteiger partial charge in [-0.1, -0.05) is 19.1 Å². The van der Waals surface area contributed by atoms with Crippen molar-refractivity contribution in [3.8, 4) is 0 Å². The average Bonchev–Trinajstić information content (AvgIpc) is 3.15. The highest BCUT2D eigenvalue weighted by Gasteiger charge is 2.42. The molecule has 1 aliphatic rings. The second kappa shape index (κ2) is 6.28. The van der Waals surface area contributed by atoms with Gasteiger partial charge in [0.2, 0.25) is 0 Å². The summed E-state index contributed by atoms with van der Waals surface area (Å²) in [6, 6.07) is 8.71. The molecule has 3 heteroatoms. The summed E-state index contributed by atoms with van der Waals surface area (Å²) >= 11 is 1.89. The third kappa shape index (κ3) is 3.77. The number of carbonyl (C=O) groups is 1. The first-order valence-corrected chi connectivity index (χ1v) is 7.63. The molecule has 0 radical (unpaired) electrons. The highest BCUT2D eigenvalue weighted by atomic mass is 32.2. The zero-order valence-corrected chi connectivity index (χ0v) is 11.6. The van der Waals surface area contributed by atoms with Crippen LogP contribution in [-0.4, -0.2) is 16.8 Å². The third-order valence-electron chi connectivity index (χ3n) is 3.44. The van der Waals surface area contributed by atoms with E-state index in [0.29, 0.717) is 5.92 Å². The Morgan fingerprint density at radius 3 is 2.67 bits per heavy atom. The molecule has 18 heavy (non-hydrogen) atoms. The van der Waals surface area contributed by atoms with Crippen molar-refractivity contribution in [3.05, 3.63) is 29.8 Å². The fourth-order valence-electron chi connectivity index (χ4n) is 2.19. The van der Waals surface area contributed by atoms with Crippen molar-refractivity contribution in [2.75, 3.05) is 5.75 Å². The Kier molecular flexibility index (Phi) is 4.70. The van der Waals surface area contributed by atoms with Gasteiger partial charge in [0.1, 0.15) is 0 Å². The second-order valence-electron chi connectivity index (χ2n) is 4.97. The molecule has 2 rings (SSSR count). The molecule has 2 atom stereocenters. The molecule has 1 aliphatic carbocycles. The van der Waals surface area contributed by atoms with E-state index in [1.165, 1.54) is 22.6 Å². The van der Waals surface area contributed by atoms with E-state index in [2.05, 4.69) is 31.2 Å². The van der Waals surface area contributed by atoms with Gasteiger partial charge in [-0.3, -0.25) is 4.79 Å². The van der Waals surface area contributed by atoms with Crippen molar-refractivity contribution in [3.63, 3.8) is 0 Å². The maximum Gasteiger partial charge on any atom is 0.306 e. The number of carboxylic acid groups (broad SMARTS) is 1. The first-order valence-electron chi connectivity index (χ1n) is 6.65. The zero-order valence-electron chi connectivity index (χ0n) is 10.8. The number of thioether (sulfide) groups is 1. The second-order valence-corrected chi connectivity index (χ2v) is 6.14. The van der Waals surface area contributed by atoms with Crippen molar-refractivity contribution < 1.29 is 9.90 Å². The topological polar surface area (TPSA) is 37.3 Å². The molecule has 0 spiro atoms. The quantitative estimate of drug-likeness (QED) is 0.760. The minimum Gasteiger partial charge on any atom is -0.481 e. The number of carboxylic acids is 1. The molecule has 98 valence electrons. The first-order chi connectivity index (χ1) is 8.70. The van der Waals surface area contributed by atoms with Gasteiger partial charge in [0, 0.05) is 4.90 Å². The molecule has 2 unspecified atom stereocenters. The number of rotatable bonds is 7. The van der Waals surface area contributed by atoms with Gasteiger partial charge in [-0.05, 0) is 55.1 Å². The molecule has 0 amide bonds. The lowest BCUT2D eigenvalue weighted by atomic mass is 10.1. The number of benzene rings is 1. The number of aliphatic carboxylic acids is 1. The molecular weight excluding hydrogens is 244 g/mol. The fourth-order valence-corrected chi connectivity index (χ4v) is 2.96. The van der Waals surface area contributed by atoms with E-state index in [1.807, 2.05) is 11.8 Å². The van der Waals surface area contributed by atoms with Gasteiger partial charge in [-0.2, -0.15) is 0 Å². The van der Waals surface area contributed by atoms with Crippen LogP contribution in [0.2, 0.25) is 0 Å². The first kappa shape index (κ1) is 13.5. The molecule has 0 aliphatic heterocycles. The molecule has 1 aromatic carbocycles. The Morgan fingerprint density at radius 2 is 2.11 bits per heavy atom. The van der Waals surface area contributed by atoms with E-state index in [4.69, 9.17) is 5.11 Å². The van der Waals surface area contributed by atoms with Crippen LogP contribution in [0, 0.1) is 11.8 Å². The lowest BCUT2D eigenvalue weighted by Gasteiger charge is -2.03. The lowest BCUT2D eigenvalue weighted by Crippen LogP contribution is -2.00. The molecular formula is C15H20O2S. The summed E-state index contributed by atoms with van der Waals surface area (Å²) in [5, 5.41) is 8.84. The van der Waals surface area contributed by atoms with Crippen LogP contribution in [0.5, 0.6) is 0 Å². The summed E-state index contributed by atoms with van der Waals surface area (Å²) in [6.07, 6.45) is 4.09. The Balaban J connectivity index is 1.75. The Bertz CT molecular complexity index is 399. The van der Waals surface area contributed by atoms with Crippen LogP contribution in [0.3, 0.4) is 0 Å². The fraction of sp³-hybridized carbons (Fsp3) is 0.533. The molecule has 2 nitrogen and oxygen atoms in total. The van der Waals surface area contributed by atoms with Crippen LogP contribution >= 0.6 is 11.8 Å². The molecule has 0 heterocycles. The molecule has 1 aromatic rings. The smallest absolute Gasteiger partial charge is 0.306 e. The summed E-state index contributed by atoms with van der Waals surface area (Å²) in [5.74, 6) is 0.897. The highest BCUT2D eigenvalue weighted by molar-refractivity contribution is 7.99. The largest absolute Gasteiger partial charge is 0.481 e. The van der Waals surface area contributed by atoms with Crippen LogP contribution in [0.25, 0.3) is 0 Å². The number of aryl methyl sites for hydroxylation is 1. The molecule has 0 bridgehead atoms. The van der Waals surface area contributed by atoms with Crippen molar-refractivity contribution in [1.82, 2.24) is 0 Å². The van der Waals surface area contributed by atoms with Gasteiger partial charge in [0.25, 0.3) is 0 Å². The van der Waals surface area contributed by atoms with Gasteiger partial charge < -0.3 is 5.11 Å². The normalized spacial score (nSPS) is 21.8. The van der Waals surface area contributed by atoms with Crippen LogP contribution in [0.4, 0.5) is 0 Å². The zero-order chi connectivity index (χ0) is 13.0. The summed E-state index contributed by atoms with van der Waals surface area (Å²) in [4.78, 5) is 12.1. The predicted octanol–water partition coefficient (Wildman–Crippen LogP) is 3.84. The Morgan fingerprint density at radius 1 is 1.39 bits per heavy atom. The van der Waals surface area contributed by atoms with Crippen molar-refractivity contribution >= 4 is 17.7 Å². The predicted molar refractivity (Wildman–Crippen MR) is 75.0 cm³/mol. The monoisotopic (exact) mass is 264 g/mol. The molecule has 0 saturated heterocycles. The summed E-state index contributed by atoms with van der Waals surface area (Å²) < 4.78 is 0. The number of hydrogen-bond acceptors (Lipinski definition) is 2. The standard InChI is InChI=1S/C15H20O2S/c1-2-9-18-13-7-4-11(5-8-13)3-6-12-10-14(12)15(16)17/h4-5,7-8,12,14H,2-3,6,9-10H2,1H3,(H,16,17). The molecule has 1 saturated carbocycles. The molecule has 1 fully saturated rings. The third-order valence-corrected chi connectivity index (χ3v) is 4.66. The average molecular weight is 264 g/mol. The van der Waals surface area contributed by atoms with Crippen LogP contribution in [0.15, 0.2) is 29.2 Å². The van der Waals surface area contributed by atoms with E-state index in [1.54, 1.807) is 0 Å². The van der Waals surface area contributed by atoms with Crippen molar-refractivity contribution in [1.29, 1.82) is 0 Å². The highest BCUT2D eigenvalue weighted by Crippen LogP contribution is 2.42. The van der Waals surface area contributed by atoms with Crippen molar-refractivity contribution in [2.45, 2.75) is 37.5 Å². The summed E-state index contributed by atoms with van der Waals surface area (Å²) in [7, 11) is 0. The van der Waals surface area contributed by atoms with Gasteiger partial charge in [0.15, 0.2) is 0 Å².